The molecule has 0 amide bonds. The molecular weight excluding hydrogens is 232 g/mol. The van der Waals surface area contributed by atoms with E-state index in [2.05, 4.69) is 9.98 Å². The van der Waals surface area contributed by atoms with E-state index in [1.165, 1.54) is 0 Å². The van der Waals surface area contributed by atoms with Gasteiger partial charge in [0.1, 0.15) is 5.60 Å². The Bertz CT molecular complexity index is 548. The molecule has 1 aliphatic rings. The molecule has 2 rings (SSSR count). The lowest BCUT2D eigenvalue weighted by Gasteiger charge is -2.33. The molecule has 0 aliphatic carbocycles. The van der Waals surface area contributed by atoms with Crippen molar-refractivity contribution in [3.8, 4) is 0 Å². The number of hydrogen-bond acceptors (Lipinski definition) is 4. The van der Waals surface area contributed by atoms with Crippen LogP contribution in [0.4, 0.5) is 0 Å². The standard InChI is InChI=1S/C13H18N2O3/c1-4-13(17)7-18-6-9-10(13)5-11(8(2)14-3)15-12(9)16/h5,17H,4,6-7H2,1-3H3,(H,15,16). The van der Waals surface area contributed by atoms with E-state index in [0.29, 0.717) is 23.2 Å². The van der Waals surface area contributed by atoms with Gasteiger partial charge in [0.15, 0.2) is 0 Å². The summed E-state index contributed by atoms with van der Waals surface area (Å²) < 4.78 is 5.31. The van der Waals surface area contributed by atoms with Gasteiger partial charge in [-0.2, -0.15) is 0 Å². The minimum Gasteiger partial charge on any atom is -0.383 e. The lowest BCUT2D eigenvalue weighted by Crippen LogP contribution is -2.39. The summed E-state index contributed by atoms with van der Waals surface area (Å²) in [6.45, 7) is 4.17. The molecule has 1 atom stereocenters. The van der Waals surface area contributed by atoms with Gasteiger partial charge in [0.05, 0.1) is 24.6 Å². The predicted octanol–water partition coefficient (Wildman–Crippen LogP) is 0.942. The zero-order valence-electron chi connectivity index (χ0n) is 10.9. The minimum absolute atomic E-state index is 0.211. The van der Waals surface area contributed by atoms with E-state index in [0.717, 1.165) is 5.71 Å². The molecule has 0 aromatic carbocycles. The van der Waals surface area contributed by atoms with Crippen LogP contribution in [0, 0.1) is 0 Å². The first kappa shape index (κ1) is 13.0. The lowest BCUT2D eigenvalue weighted by atomic mass is 9.86. The highest BCUT2D eigenvalue weighted by Crippen LogP contribution is 2.31. The van der Waals surface area contributed by atoms with Crippen LogP contribution in [0.15, 0.2) is 15.9 Å². The lowest BCUT2D eigenvalue weighted by molar-refractivity contribution is -0.0756. The van der Waals surface area contributed by atoms with Crippen molar-refractivity contribution in [2.24, 2.45) is 4.99 Å². The molecule has 2 heterocycles. The molecule has 0 saturated heterocycles. The molecule has 2 N–H and O–H groups in total. The second-order valence-electron chi connectivity index (χ2n) is 4.59. The van der Waals surface area contributed by atoms with Crippen LogP contribution < -0.4 is 5.56 Å². The van der Waals surface area contributed by atoms with E-state index in [1.54, 1.807) is 7.05 Å². The van der Waals surface area contributed by atoms with Gasteiger partial charge >= 0.3 is 0 Å². The molecule has 1 aliphatic heterocycles. The number of aromatic nitrogens is 1. The molecule has 1 unspecified atom stereocenters. The maximum absolute atomic E-state index is 12.0. The summed E-state index contributed by atoms with van der Waals surface area (Å²) in [6.07, 6.45) is 0.505. The average molecular weight is 250 g/mol. The van der Waals surface area contributed by atoms with E-state index < -0.39 is 5.60 Å². The van der Waals surface area contributed by atoms with E-state index in [9.17, 15) is 9.90 Å². The molecule has 0 bridgehead atoms. The highest BCUT2D eigenvalue weighted by Gasteiger charge is 2.35. The van der Waals surface area contributed by atoms with Gasteiger partial charge in [0.2, 0.25) is 0 Å². The molecule has 0 radical (unpaired) electrons. The van der Waals surface area contributed by atoms with Crippen molar-refractivity contribution in [3.63, 3.8) is 0 Å². The van der Waals surface area contributed by atoms with E-state index in [-0.39, 0.29) is 18.8 Å². The Labute approximate surface area is 106 Å². The molecule has 18 heavy (non-hydrogen) atoms. The first-order valence-corrected chi connectivity index (χ1v) is 6.02. The molecule has 1 aromatic heterocycles. The molecular formula is C13H18N2O3. The van der Waals surface area contributed by atoms with Crippen molar-refractivity contribution < 1.29 is 9.84 Å². The van der Waals surface area contributed by atoms with Crippen molar-refractivity contribution in [1.82, 2.24) is 4.98 Å². The van der Waals surface area contributed by atoms with Crippen molar-refractivity contribution in [3.05, 3.63) is 33.2 Å². The summed E-state index contributed by atoms with van der Waals surface area (Å²) in [5, 5.41) is 10.5. The summed E-state index contributed by atoms with van der Waals surface area (Å²) in [5.74, 6) is 0. The SMILES string of the molecule is CCC1(O)COCc2c1cc(C(C)=NC)[nH]c2=O. The Morgan fingerprint density at radius 1 is 1.67 bits per heavy atom. The van der Waals surface area contributed by atoms with Gasteiger partial charge in [0, 0.05) is 12.6 Å². The fraction of sp³-hybridized carbons (Fsp3) is 0.538. The topological polar surface area (TPSA) is 74.7 Å². The summed E-state index contributed by atoms with van der Waals surface area (Å²) in [7, 11) is 1.67. The average Bonchev–Trinajstić information content (AvgIpc) is 2.39. The van der Waals surface area contributed by atoms with Gasteiger partial charge < -0.3 is 14.8 Å². The number of aliphatic imine (C=N–C) groups is 1. The first-order valence-electron chi connectivity index (χ1n) is 6.02. The van der Waals surface area contributed by atoms with Gasteiger partial charge in [-0.1, -0.05) is 6.92 Å². The highest BCUT2D eigenvalue weighted by atomic mass is 16.5. The summed E-state index contributed by atoms with van der Waals surface area (Å²) in [6, 6.07) is 1.81. The van der Waals surface area contributed by atoms with Crippen molar-refractivity contribution in [1.29, 1.82) is 0 Å². The fourth-order valence-electron chi connectivity index (χ4n) is 2.15. The van der Waals surface area contributed by atoms with Crippen LogP contribution in [0.3, 0.4) is 0 Å². The smallest absolute Gasteiger partial charge is 0.254 e. The molecule has 0 saturated carbocycles. The normalized spacial score (nSPS) is 23.9. The van der Waals surface area contributed by atoms with Crippen LogP contribution in [0.2, 0.25) is 0 Å². The van der Waals surface area contributed by atoms with Crippen molar-refractivity contribution >= 4 is 5.71 Å². The highest BCUT2D eigenvalue weighted by molar-refractivity contribution is 5.97. The molecule has 5 heteroatoms. The Balaban J connectivity index is 2.66. The predicted molar refractivity (Wildman–Crippen MR) is 69.0 cm³/mol. The third-order valence-electron chi connectivity index (χ3n) is 3.53. The number of ether oxygens (including phenoxy) is 1. The molecule has 1 aromatic rings. The van der Waals surface area contributed by atoms with Crippen LogP contribution in [-0.4, -0.2) is 29.5 Å². The number of nitrogens with zero attached hydrogens (tertiary/aromatic N) is 1. The number of pyridine rings is 1. The Hall–Kier alpha value is -1.46. The van der Waals surface area contributed by atoms with Gasteiger partial charge in [-0.05, 0) is 25.0 Å². The van der Waals surface area contributed by atoms with Crippen LogP contribution in [0.1, 0.15) is 37.1 Å². The van der Waals surface area contributed by atoms with Gasteiger partial charge in [-0.15, -0.1) is 0 Å². The van der Waals surface area contributed by atoms with Crippen LogP contribution in [-0.2, 0) is 16.9 Å². The minimum atomic E-state index is -1.08. The zero-order valence-corrected chi connectivity index (χ0v) is 10.9. The van der Waals surface area contributed by atoms with Gasteiger partial charge in [-0.25, -0.2) is 0 Å². The number of nitrogens with one attached hydrogen (secondary N) is 1. The third-order valence-corrected chi connectivity index (χ3v) is 3.53. The molecule has 0 spiro atoms. The van der Waals surface area contributed by atoms with Gasteiger partial charge in [-0.3, -0.25) is 9.79 Å². The number of H-pyrrole nitrogens is 1. The first-order chi connectivity index (χ1) is 8.51. The second kappa shape index (κ2) is 4.66. The summed E-state index contributed by atoms with van der Waals surface area (Å²) in [4.78, 5) is 18.8. The van der Waals surface area contributed by atoms with Crippen LogP contribution in [0.5, 0.6) is 0 Å². The van der Waals surface area contributed by atoms with Gasteiger partial charge in [0.25, 0.3) is 5.56 Å². The largest absolute Gasteiger partial charge is 0.383 e. The van der Waals surface area contributed by atoms with E-state index >= 15 is 0 Å². The number of hydrogen-bond donors (Lipinski definition) is 2. The van der Waals surface area contributed by atoms with Crippen LogP contribution in [0.25, 0.3) is 0 Å². The maximum Gasteiger partial charge on any atom is 0.254 e. The van der Waals surface area contributed by atoms with E-state index in [4.69, 9.17) is 4.74 Å². The molecule has 5 nitrogen and oxygen atoms in total. The summed E-state index contributed by atoms with van der Waals surface area (Å²) >= 11 is 0. The Kier molecular flexibility index (Phi) is 3.36. The van der Waals surface area contributed by atoms with Crippen molar-refractivity contribution in [2.45, 2.75) is 32.5 Å². The number of fused-ring (bicyclic) bond motifs is 1. The van der Waals surface area contributed by atoms with E-state index in [1.807, 2.05) is 19.9 Å². The molecule has 98 valence electrons. The Morgan fingerprint density at radius 2 is 2.39 bits per heavy atom. The summed E-state index contributed by atoms with van der Waals surface area (Å²) in [5.41, 5.74) is 1.27. The quantitative estimate of drug-likeness (QED) is 0.767. The number of aromatic amines is 1. The Morgan fingerprint density at radius 3 is 3.00 bits per heavy atom. The number of aliphatic hydroxyl groups is 1. The third kappa shape index (κ3) is 2.00. The van der Waals surface area contributed by atoms with Crippen LogP contribution >= 0.6 is 0 Å². The second-order valence-corrected chi connectivity index (χ2v) is 4.59. The zero-order chi connectivity index (χ0) is 13.3. The maximum atomic E-state index is 12.0. The van der Waals surface area contributed by atoms with Crippen molar-refractivity contribution in [2.75, 3.05) is 13.7 Å². The fourth-order valence-corrected chi connectivity index (χ4v) is 2.15. The monoisotopic (exact) mass is 250 g/mol. The molecule has 0 fully saturated rings. The number of rotatable bonds is 2.